The van der Waals surface area contributed by atoms with Crippen LogP contribution in [0.15, 0.2) is 24.3 Å². The third-order valence-corrected chi connectivity index (χ3v) is 4.55. The Kier molecular flexibility index (Phi) is 4.16. The topological polar surface area (TPSA) is 54.0 Å². The van der Waals surface area contributed by atoms with E-state index in [9.17, 15) is 4.79 Å². The lowest BCUT2D eigenvalue weighted by Crippen LogP contribution is -2.17. The Morgan fingerprint density at radius 3 is 2.55 bits per heavy atom. The number of carbonyl (C=O) groups excluding carboxylic acids is 1. The van der Waals surface area contributed by atoms with Crippen molar-refractivity contribution >= 4 is 28.1 Å². The van der Waals surface area contributed by atoms with Crippen molar-refractivity contribution in [3.63, 3.8) is 0 Å². The number of hydrogen-bond acceptors (Lipinski definition) is 4. The number of carbonyl (C=O) groups is 1. The highest BCUT2D eigenvalue weighted by Gasteiger charge is 2.22. The highest BCUT2D eigenvalue weighted by molar-refractivity contribution is 7.16. The van der Waals surface area contributed by atoms with Gasteiger partial charge in [-0.1, -0.05) is 26.0 Å². The zero-order valence-electron chi connectivity index (χ0n) is 13.1. The van der Waals surface area contributed by atoms with Crippen molar-refractivity contribution < 1.29 is 4.79 Å². The fourth-order valence-electron chi connectivity index (χ4n) is 2.13. The molecule has 1 aliphatic carbocycles. The summed E-state index contributed by atoms with van der Waals surface area (Å²) in [5.74, 6) is 0.0185. The van der Waals surface area contributed by atoms with Crippen LogP contribution >= 0.6 is 11.3 Å². The van der Waals surface area contributed by atoms with Crippen LogP contribution in [-0.2, 0) is 4.79 Å². The van der Waals surface area contributed by atoms with Gasteiger partial charge < -0.3 is 10.6 Å². The van der Waals surface area contributed by atoms with Crippen molar-refractivity contribution in [1.29, 1.82) is 0 Å². The number of thiazole rings is 1. The first-order chi connectivity index (χ1) is 10.5. The molecule has 116 valence electrons. The molecular formula is C17H21N3OS. The second kappa shape index (κ2) is 6.08. The number of nitrogens with zero attached hydrogens (tertiary/aromatic N) is 1. The number of hydrogen-bond donors (Lipinski definition) is 2. The molecule has 4 nitrogen and oxygen atoms in total. The van der Waals surface area contributed by atoms with Crippen molar-refractivity contribution in [3.05, 3.63) is 29.1 Å². The molecule has 2 N–H and O–H groups in total. The molecule has 0 bridgehead atoms. The van der Waals surface area contributed by atoms with Gasteiger partial charge in [0.1, 0.15) is 0 Å². The summed E-state index contributed by atoms with van der Waals surface area (Å²) in [6.07, 6.45) is 2.50. The number of anilines is 2. The molecule has 3 rings (SSSR count). The van der Waals surface area contributed by atoms with Gasteiger partial charge >= 0.3 is 0 Å². The number of aromatic nitrogens is 1. The van der Waals surface area contributed by atoms with E-state index < -0.39 is 0 Å². The van der Waals surface area contributed by atoms with Gasteiger partial charge in [-0.15, -0.1) is 11.3 Å². The molecule has 1 heterocycles. The van der Waals surface area contributed by atoms with Crippen LogP contribution in [0.3, 0.4) is 0 Å². The number of rotatable bonds is 5. The maximum absolute atomic E-state index is 11.7. The number of nitrogens with one attached hydrogen (secondary N) is 2. The van der Waals surface area contributed by atoms with Gasteiger partial charge in [-0.05, 0) is 31.9 Å². The largest absolute Gasteiger partial charge is 0.359 e. The van der Waals surface area contributed by atoms with Crippen molar-refractivity contribution in [2.24, 2.45) is 5.92 Å². The second-order valence-corrected chi connectivity index (χ2v) is 7.27. The third-order valence-electron chi connectivity index (χ3n) is 3.65. The summed E-state index contributed by atoms with van der Waals surface area (Å²) in [6, 6.07) is 8.51. The molecule has 1 aliphatic rings. The van der Waals surface area contributed by atoms with Gasteiger partial charge in [-0.2, -0.15) is 0 Å². The van der Waals surface area contributed by atoms with Gasteiger partial charge in [-0.3, -0.25) is 4.79 Å². The average molecular weight is 315 g/mol. The number of amides is 1. The molecule has 1 saturated carbocycles. The summed E-state index contributed by atoms with van der Waals surface area (Å²) < 4.78 is 0. The van der Waals surface area contributed by atoms with Crippen molar-refractivity contribution in [3.8, 4) is 11.3 Å². The van der Waals surface area contributed by atoms with Crippen molar-refractivity contribution in [2.45, 2.75) is 39.7 Å². The molecule has 0 unspecified atom stereocenters. The lowest BCUT2D eigenvalue weighted by molar-refractivity contribution is -0.118. The SMILES string of the molecule is Cc1sc(NC2CC2)nc1-c1ccc(NC(=O)C(C)C)cc1. The third kappa shape index (κ3) is 3.47. The van der Waals surface area contributed by atoms with E-state index in [2.05, 4.69) is 17.6 Å². The van der Waals surface area contributed by atoms with E-state index in [1.165, 1.54) is 17.7 Å². The van der Waals surface area contributed by atoms with Crippen LogP contribution in [0.25, 0.3) is 11.3 Å². The maximum atomic E-state index is 11.7. The lowest BCUT2D eigenvalue weighted by Gasteiger charge is -2.08. The van der Waals surface area contributed by atoms with Crippen LogP contribution in [0.5, 0.6) is 0 Å². The molecule has 0 radical (unpaired) electrons. The zero-order chi connectivity index (χ0) is 15.7. The molecule has 0 spiro atoms. The fourth-order valence-corrected chi connectivity index (χ4v) is 3.04. The van der Waals surface area contributed by atoms with Crippen molar-refractivity contribution in [2.75, 3.05) is 10.6 Å². The first kappa shape index (κ1) is 15.0. The molecule has 2 aromatic rings. The van der Waals surface area contributed by atoms with Crippen LogP contribution in [0.4, 0.5) is 10.8 Å². The Labute approximate surface area is 135 Å². The molecular weight excluding hydrogens is 294 g/mol. The molecule has 1 amide bonds. The van der Waals surface area contributed by atoms with Crippen LogP contribution in [0.1, 0.15) is 31.6 Å². The summed E-state index contributed by atoms with van der Waals surface area (Å²) in [6.45, 7) is 5.87. The lowest BCUT2D eigenvalue weighted by atomic mass is 10.1. The predicted molar refractivity (Wildman–Crippen MR) is 92.4 cm³/mol. The van der Waals surface area contributed by atoms with Crippen molar-refractivity contribution in [1.82, 2.24) is 4.98 Å². The van der Waals surface area contributed by atoms with E-state index in [4.69, 9.17) is 4.98 Å². The van der Waals surface area contributed by atoms with Gasteiger partial charge in [0.25, 0.3) is 0 Å². The van der Waals surface area contributed by atoms with Crippen LogP contribution in [0, 0.1) is 12.8 Å². The molecule has 5 heteroatoms. The van der Waals surface area contributed by atoms with Crippen LogP contribution < -0.4 is 10.6 Å². The molecule has 1 aromatic heterocycles. The monoisotopic (exact) mass is 315 g/mol. The Morgan fingerprint density at radius 2 is 1.95 bits per heavy atom. The first-order valence-corrected chi connectivity index (χ1v) is 8.50. The minimum Gasteiger partial charge on any atom is -0.359 e. The summed E-state index contributed by atoms with van der Waals surface area (Å²) in [5, 5.41) is 7.36. The van der Waals surface area contributed by atoms with Gasteiger partial charge in [-0.25, -0.2) is 4.98 Å². The zero-order valence-corrected chi connectivity index (χ0v) is 14.0. The highest BCUT2D eigenvalue weighted by Crippen LogP contribution is 2.33. The van der Waals surface area contributed by atoms with Gasteiger partial charge in [0.15, 0.2) is 5.13 Å². The molecule has 0 atom stereocenters. The predicted octanol–water partition coefficient (Wildman–Crippen LogP) is 4.29. The molecule has 22 heavy (non-hydrogen) atoms. The highest BCUT2D eigenvalue weighted by atomic mass is 32.1. The summed E-state index contributed by atoms with van der Waals surface area (Å²) in [4.78, 5) is 17.6. The Morgan fingerprint density at radius 1 is 1.27 bits per heavy atom. The second-order valence-electron chi connectivity index (χ2n) is 6.06. The fraction of sp³-hybridized carbons (Fsp3) is 0.412. The minimum atomic E-state index is -0.0171. The number of aryl methyl sites for hydroxylation is 1. The van der Waals surface area contributed by atoms with E-state index >= 15 is 0 Å². The van der Waals surface area contributed by atoms with E-state index in [0.29, 0.717) is 6.04 Å². The van der Waals surface area contributed by atoms with Gasteiger partial charge in [0.2, 0.25) is 5.91 Å². The van der Waals surface area contributed by atoms with E-state index in [0.717, 1.165) is 22.1 Å². The van der Waals surface area contributed by atoms with Gasteiger partial charge in [0.05, 0.1) is 5.69 Å². The molecule has 1 aromatic carbocycles. The summed E-state index contributed by atoms with van der Waals surface area (Å²) in [5.41, 5.74) is 2.93. The van der Waals surface area contributed by atoms with E-state index in [-0.39, 0.29) is 11.8 Å². The Balaban J connectivity index is 1.74. The first-order valence-electron chi connectivity index (χ1n) is 7.68. The van der Waals surface area contributed by atoms with E-state index in [1.54, 1.807) is 11.3 Å². The molecule has 1 fully saturated rings. The Bertz CT molecular complexity index is 672. The van der Waals surface area contributed by atoms with Crippen LogP contribution in [0.2, 0.25) is 0 Å². The van der Waals surface area contributed by atoms with Gasteiger partial charge in [0, 0.05) is 28.1 Å². The standard InChI is InChI=1S/C17H21N3OS/c1-10(2)16(21)18-13-6-4-12(5-7-13)15-11(3)22-17(20-15)19-14-8-9-14/h4-7,10,14H,8-9H2,1-3H3,(H,18,21)(H,19,20). The normalized spacial score (nSPS) is 14.2. The molecule has 0 saturated heterocycles. The quantitative estimate of drug-likeness (QED) is 0.865. The maximum Gasteiger partial charge on any atom is 0.226 e. The summed E-state index contributed by atoms with van der Waals surface area (Å²) >= 11 is 1.70. The average Bonchev–Trinajstić information content (AvgIpc) is 3.21. The minimum absolute atomic E-state index is 0.0171. The molecule has 0 aliphatic heterocycles. The Hall–Kier alpha value is -1.88. The summed E-state index contributed by atoms with van der Waals surface area (Å²) in [7, 11) is 0. The van der Waals surface area contributed by atoms with E-state index in [1.807, 2.05) is 38.1 Å². The number of benzene rings is 1. The smallest absolute Gasteiger partial charge is 0.226 e. The van der Waals surface area contributed by atoms with Crippen LogP contribution in [-0.4, -0.2) is 16.9 Å².